The summed E-state index contributed by atoms with van der Waals surface area (Å²) >= 11 is 0. The van der Waals surface area contributed by atoms with Crippen LogP contribution in [0.1, 0.15) is 27.0 Å². The van der Waals surface area contributed by atoms with Crippen molar-refractivity contribution in [2.75, 3.05) is 6.61 Å². The van der Waals surface area contributed by atoms with Gasteiger partial charge in [0.2, 0.25) is 5.78 Å². The summed E-state index contributed by atoms with van der Waals surface area (Å²) in [7, 11) is 0. The lowest BCUT2D eigenvalue weighted by Crippen LogP contribution is -2.33. The maximum atomic E-state index is 12.4. The summed E-state index contributed by atoms with van der Waals surface area (Å²) in [6, 6.07) is 10.0. The van der Waals surface area contributed by atoms with Crippen LogP contribution in [0.3, 0.4) is 0 Å². The number of aromatic amines is 1. The van der Waals surface area contributed by atoms with Gasteiger partial charge in [0.25, 0.3) is 11.1 Å². The summed E-state index contributed by atoms with van der Waals surface area (Å²) in [6.07, 6.45) is 0. The third-order valence-electron chi connectivity index (χ3n) is 4.68. The van der Waals surface area contributed by atoms with Crippen LogP contribution in [-0.2, 0) is 16.1 Å². The lowest BCUT2D eigenvalue weighted by atomic mass is 9.98. The monoisotopic (exact) mass is 380 g/mol. The number of ketones is 1. The van der Waals surface area contributed by atoms with Crippen molar-refractivity contribution in [2.24, 2.45) is 0 Å². The van der Waals surface area contributed by atoms with Gasteiger partial charge in [-0.05, 0) is 55.7 Å². The predicted molar refractivity (Wildman–Crippen MR) is 105 cm³/mol. The molecule has 0 fully saturated rings. The molecular formula is C21H20N2O5. The predicted octanol–water partition coefficient (Wildman–Crippen LogP) is 2.04. The van der Waals surface area contributed by atoms with Crippen molar-refractivity contribution in [3.05, 3.63) is 79.4 Å². The molecule has 0 saturated heterocycles. The van der Waals surface area contributed by atoms with Crippen molar-refractivity contribution < 1.29 is 14.3 Å². The van der Waals surface area contributed by atoms with Gasteiger partial charge >= 0.3 is 5.97 Å². The van der Waals surface area contributed by atoms with Crippen molar-refractivity contribution in [1.82, 2.24) is 9.78 Å². The van der Waals surface area contributed by atoms with Gasteiger partial charge in [0.1, 0.15) is 6.54 Å². The van der Waals surface area contributed by atoms with E-state index in [9.17, 15) is 19.2 Å². The Morgan fingerprint density at radius 3 is 2.32 bits per heavy atom. The average molecular weight is 380 g/mol. The van der Waals surface area contributed by atoms with Gasteiger partial charge in [-0.15, -0.1) is 0 Å². The zero-order valence-electron chi connectivity index (χ0n) is 15.9. The second-order valence-electron chi connectivity index (χ2n) is 6.71. The Labute approximate surface area is 160 Å². The molecule has 3 aromatic rings. The standard InChI is InChI=1S/C21H20N2O5/c1-12-8-14(3)17(9-13(12)2)18(24)11-28-19(25)10-23-21(27)16-7-5-4-6-15(16)20(26)22-23/h4-9H,10-11H2,1-3H3,(H,22,26). The van der Waals surface area contributed by atoms with Gasteiger partial charge in [-0.25, -0.2) is 4.68 Å². The minimum atomic E-state index is -0.789. The van der Waals surface area contributed by atoms with Gasteiger partial charge in [0.15, 0.2) is 6.61 Å². The van der Waals surface area contributed by atoms with Crippen LogP contribution in [0.4, 0.5) is 0 Å². The quantitative estimate of drug-likeness (QED) is 0.540. The van der Waals surface area contributed by atoms with Crippen LogP contribution in [0.5, 0.6) is 0 Å². The fraction of sp³-hybridized carbons (Fsp3) is 0.238. The molecule has 1 N–H and O–H groups in total. The molecule has 0 saturated carbocycles. The summed E-state index contributed by atoms with van der Waals surface area (Å²) in [5, 5.41) is 2.81. The van der Waals surface area contributed by atoms with E-state index in [0.29, 0.717) is 5.56 Å². The largest absolute Gasteiger partial charge is 0.456 e. The van der Waals surface area contributed by atoms with E-state index >= 15 is 0 Å². The number of hydrogen-bond donors (Lipinski definition) is 1. The second kappa shape index (κ2) is 7.64. The summed E-state index contributed by atoms with van der Waals surface area (Å²) < 4.78 is 5.91. The van der Waals surface area contributed by atoms with Gasteiger partial charge in [0, 0.05) is 5.56 Å². The molecule has 144 valence electrons. The molecular weight excluding hydrogens is 360 g/mol. The Kier molecular flexibility index (Phi) is 5.26. The highest BCUT2D eigenvalue weighted by molar-refractivity contribution is 5.99. The number of nitrogens with zero attached hydrogens (tertiary/aromatic N) is 1. The molecule has 7 nitrogen and oxygen atoms in total. The first-order chi connectivity index (χ1) is 13.3. The van der Waals surface area contributed by atoms with Crippen molar-refractivity contribution in [2.45, 2.75) is 27.3 Å². The number of carbonyl (C=O) groups excluding carboxylic acids is 2. The minimum absolute atomic E-state index is 0.209. The third kappa shape index (κ3) is 3.78. The lowest BCUT2D eigenvalue weighted by Gasteiger charge is -2.10. The Morgan fingerprint density at radius 1 is 0.964 bits per heavy atom. The van der Waals surface area contributed by atoms with Crippen LogP contribution in [0.2, 0.25) is 0 Å². The molecule has 0 bridgehead atoms. The van der Waals surface area contributed by atoms with Crippen LogP contribution in [0.15, 0.2) is 46.0 Å². The number of esters is 1. The van der Waals surface area contributed by atoms with E-state index in [-0.39, 0.29) is 16.6 Å². The molecule has 0 unspecified atom stereocenters. The number of hydrogen-bond acceptors (Lipinski definition) is 5. The summed E-state index contributed by atoms with van der Waals surface area (Å²) in [4.78, 5) is 48.9. The van der Waals surface area contributed by atoms with Gasteiger partial charge in [-0.1, -0.05) is 18.2 Å². The van der Waals surface area contributed by atoms with Crippen LogP contribution in [0.25, 0.3) is 10.8 Å². The molecule has 0 atom stereocenters. The average Bonchev–Trinajstić information content (AvgIpc) is 2.67. The molecule has 3 rings (SSSR count). The number of carbonyl (C=O) groups is 2. The highest BCUT2D eigenvalue weighted by Crippen LogP contribution is 2.16. The molecule has 0 spiro atoms. The SMILES string of the molecule is Cc1cc(C)c(C(=O)COC(=O)Cn2[nH]c(=O)c3ccccc3c2=O)cc1C. The van der Waals surface area contributed by atoms with E-state index in [1.165, 1.54) is 12.1 Å². The Morgan fingerprint density at radius 2 is 1.61 bits per heavy atom. The van der Waals surface area contributed by atoms with Crippen molar-refractivity contribution in [3.63, 3.8) is 0 Å². The molecule has 1 heterocycles. The molecule has 0 radical (unpaired) electrons. The van der Waals surface area contributed by atoms with Crippen LogP contribution in [-0.4, -0.2) is 28.1 Å². The molecule has 0 aliphatic heterocycles. The Balaban J connectivity index is 1.73. The lowest BCUT2D eigenvalue weighted by molar-refractivity contribution is -0.143. The summed E-state index contributed by atoms with van der Waals surface area (Å²) in [6.45, 7) is 4.76. The highest BCUT2D eigenvalue weighted by atomic mass is 16.5. The molecule has 2 aromatic carbocycles. The van der Waals surface area contributed by atoms with Crippen molar-refractivity contribution in [3.8, 4) is 0 Å². The molecule has 7 heteroatoms. The number of H-pyrrole nitrogens is 1. The molecule has 0 amide bonds. The summed E-state index contributed by atoms with van der Waals surface area (Å²) in [5.74, 6) is -1.11. The fourth-order valence-corrected chi connectivity index (χ4v) is 3.02. The first kappa shape index (κ1) is 19.3. The summed E-state index contributed by atoms with van der Waals surface area (Å²) in [5.41, 5.74) is 2.35. The smallest absolute Gasteiger partial charge is 0.328 e. The number of fused-ring (bicyclic) bond motifs is 1. The van der Waals surface area contributed by atoms with E-state index in [1.807, 2.05) is 26.8 Å². The second-order valence-corrected chi connectivity index (χ2v) is 6.71. The van der Waals surface area contributed by atoms with Crippen molar-refractivity contribution >= 4 is 22.5 Å². The first-order valence-corrected chi connectivity index (χ1v) is 8.76. The molecule has 0 aliphatic carbocycles. The Bertz CT molecular complexity index is 1200. The Hall–Kier alpha value is -3.48. The number of aromatic nitrogens is 2. The van der Waals surface area contributed by atoms with E-state index < -0.39 is 30.2 Å². The maximum absolute atomic E-state index is 12.4. The van der Waals surface area contributed by atoms with Gasteiger partial charge in [-0.2, -0.15) is 0 Å². The number of benzene rings is 2. The van der Waals surface area contributed by atoms with E-state index in [4.69, 9.17) is 4.74 Å². The topological polar surface area (TPSA) is 98.2 Å². The zero-order valence-corrected chi connectivity index (χ0v) is 15.9. The zero-order chi connectivity index (χ0) is 20.4. The van der Waals surface area contributed by atoms with Crippen LogP contribution < -0.4 is 11.1 Å². The molecule has 1 aromatic heterocycles. The maximum Gasteiger partial charge on any atom is 0.328 e. The number of aryl methyl sites for hydroxylation is 3. The number of rotatable bonds is 5. The van der Waals surface area contributed by atoms with Crippen LogP contribution >= 0.6 is 0 Å². The molecule has 28 heavy (non-hydrogen) atoms. The van der Waals surface area contributed by atoms with E-state index in [2.05, 4.69) is 5.10 Å². The van der Waals surface area contributed by atoms with E-state index in [1.54, 1.807) is 18.2 Å². The van der Waals surface area contributed by atoms with Gasteiger partial charge in [0.05, 0.1) is 10.8 Å². The van der Waals surface area contributed by atoms with Gasteiger partial charge in [-0.3, -0.25) is 24.3 Å². The number of Topliss-reactive ketones (excluding diaryl/α,β-unsaturated/α-hetero) is 1. The molecule has 0 aliphatic rings. The van der Waals surface area contributed by atoms with Crippen molar-refractivity contribution in [1.29, 1.82) is 0 Å². The van der Waals surface area contributed by atoms with E-state index in [0.717, 1.165) is 21.4 Å². The first-order valence-electron chi connectivity index (χ1n) is 8.76. The third-order valence-corrected chi connectivity index (χ3v) is 4.68. The normalized spacial score (nSPS) is 10.8. The highest BCUT2D eigenvalue weighted by Gasteiger charge is 2.15. The number of ether oxygens (including phenoxy) is 1. The van der Waals surface area contributed by atoms with Crippen LogP contribution in [0, 0.1) is 20.8 Å². The fourth-order valence-electron chi connectivity index (χ4n) is 3.02. The number of nitrogens with one attached hydrogen (secondary N) is 1. The minimum Gasteiger partial charge on any atom is -0.456 e. The van der Waals surface area contributed by atoms with Gasteiger partial charge < -0.3 is 4.74 Å².